The molecule has 0 aromatic carbocycles. The summed E-state index contributed by atoms with van der Waals surface area (Å²) in [5.41, 5.74) is 2.10. The molecule has 188 valence electrons. The van der Waals surface area contributed by atoms with Crippen LogP contribution < -0.4 is 4.74 Å². The highest BCUT2D eigenvalue weighted by Gasteiger charge is 2.42. The van der Waals surface area contributed by atoms with E-state index in [0.717, 1.165) is 36.5 Å². The van der Waals surface area contributed by atoms with Crippen molar-refractivity contribution < 1.29 is 24.9 Å². The van der Waals surface area contributed by atoms with Crippen LogP contribution in [0, 0.1) is 24.7 Å². The number of carbonyl (C=O) groups is 1. The number of Topliss-reactive ketones (excluding diaryl/α,β-unsaturated/α-hetero) is 1. The third-order valence-corrected chi connectivity index (χ3v) is 7.57. The van der Waals surface area contributed by atoms with Gasteiger partial charge in [-0.1, -0.05) is 26.3 Å². The van der Waals surface area contributed by atoms with Gasteiger partial charge in [-0.05, 0) is 43.6 Å². The average Bonchev–Trinajstić information content (AvgIpc) is 3.12. The van der Waals surface area contributed by atoms with E-state index in [0.29, 0.717) is 36.7 Å². The number of hydrogen-bond acceptors (Lipinski definition) is 9. The number of carbonyl (C=O) groups excluding carboxylic acids is 1. The molecule has 1 aromatic heterocycles. The number of ether oxygens (including phenoxy) is 1. The lowest BCUT2D eigenvalue weighted by Gasteiger charge is -2.25. The molecule has 8 nitrogen and oxygen atoms in total. The maximum atomic E-state index is 13.1. The topological polar surface area (TPSA) is 115 Å². The molecule has 0 radical (unpaired) electrons. The summed E-state index contributed by atoms with van der Waals surface area (Å²) in [6, 6.07) is 0. The van der Waals surface area contributed by atoms with Gasteiger partial charge in [0.05, 0.1) is 25.3 Å². The van der Waals surface area contributed by atoms with Gasteiger partial charge in [-0.15, -0.1) is 0 Å². The van der Waals surface area contributed by atoms with Crippen LogP contribution in [0.4, 0.5) is 0 Å². The highest BCUT2D eigenvalue weighted by Crippen LogP contribution is 2.36. The van der Waals surface area contributed by atoms with Crippen LogP contribution in [0.5, 0.6) is 5.75 Å². The molecule has 0 bridgehead atoms. The molecule has 1 saturated heterocycles. The van der Waals surface area contributed by atoms with Crippen LogP contribution in [0.1, 0.15) is 56.4 Å². The molecule has 3 atom stereocenters. The summed E-state index contributed by atoms with van der Waals surface area (Å²) in [6.45, 7) is 7.18. The van der Waals surface area contributed by atoms with Crippen molar-refractivity contribution in [1.82, 2.24) is 9.88 Å². The monoisotopic (exact) mass is 491 g/mol. The molecule has 3 N–H and O–H groups in total. The Morgan fingerprint density at radius 3 is 2.71 bits per heavy atom. The Kier molecular flexibility index (Phi) is 8.78. The van der Waals surface area contributed by atoms with Crippen molar-refractivity contribution in [2.75, 3.05) is 25.7 Å². The second-order valence-electron chi connectivity index (χ2n) is 9.23. The summed E-state index contributed by atoms with van der Waals surface area (Å²) in [7, 11) is 1.41. The quantitative estimate of drug-likeness (QED) is 0.452. The number of allylic oxidation sites excluding steroid dienone is 2. The highest BCUT2D eigenvalue weighted by molar-refractivity contribution is 7.98. The first-order valence-corrected chi connectivity index (χ1v) is 13.3. The molecule has 3 unspecified atom stereocenters. The van der Waals surface area contributed by atoms with Crippen LogP contribution in [-0.4, -0.2) is 62.5 Å². The molecule has 0 spiro atoms. The van der Waals surface area contributed by atoms with Gasteiger partial charge >= 0.3 is 5.97 Å². The van der Waals surface area contributed by atoms with Gasteiger partial charge in [0.1, 0.15) is 22.9 Å². The molecule has 0 aliphatic carbocycles. The second kappa shape index (κ2) is 11.2. The Morgan fingerprint density at radius 2 is 2.09 bits per heavy atom. The Morgan fingerprint density at radius 1 is 1.35 bits per heavy atom. The Labute approximate surface area is 206 Å². The van der Waals surface area contributed by atoms with E-state index in [1.54, 1.807) is 6.92 Å². The van der Waals surface area contributed by atoms with E-state index in [2.05, 4.69) is 36.1 Å². The van der Waals surface area contributed by atoms with Crippen molar-refractivity contribution in [2.45, 2.75) is 59.0 Å². The average molecular weight is 492 g/mol. The number of likely N-dealkylation sites (tertiary alicyclic amines) is 1. The molecular weight excluding hydrogens is 454 g/mol. The van der Waals surface area contributed by atoms with Crippen molar-refractivity contribution >= 4 is 23.4 Å². The lowest BCUT2D eigenvalue weighted by Crippen LogP contribution is -2.33. The molecule has 3 heterocycles. The minimum Gasteiger partial charge on any atom is -0.496 e. The smallest absolute Gasteiger partial charge is 0.309 e. The highest BCUT2D eigenvalue weighted by atomic mass is 32.2. The predicted octanol–water partition coefficient (Wildman–Crippen LogP) is 2.98. The van der Waals surface area contributed by atoms with E-state index in [9.17, 15) is 20.1 Å². The largest absolute Gasteiger partial charge is 0.496 e. The lowest BCUT2D eigenvalue weighted by molar-refractivity contribution is -0.324. The molecule has 1 fully saturated rings. The van der Waals surface area contributed by atoms with Gasteiger partial charge in [-0.3, -0.25) is 9.78 Å². The zero-order chi connectivity index (χ0) is 25.0. The zero-order valence-electron chi connectivity index (χ0n) is 20.7. The molecule has 1 aromatic rings. The molecular formula is C25H37N3O5S. The number of nitrogens with zero attached hydrogens (tertiary/aromatic N) is 3. The maximum Gasteiger partial charge on any atom is 0.309 e. The second-order valence-corrected chi connectivity index (χ2v) is 10.2. The van der Waals surface area contributed by atoms with Crippen LogP contribution in [-0.2, 0) is 17.3 Å². The van der Waals surface area contributed by atoms with Crippen molar-refractivity contribution in [3.05, 3.63) is 34.8 Å². The Balaban J connectivity index is 2.00. The van der Waals surface area contributed by atoms with Crippen molar-refractivity contribution in [1.29, 1.82) is 0 Å². The fourth-order valence-electron chi connectivity index (χ4n) is 4.87. The molecule has 34 heavy (non-hydrogen) atoms. The standard InChI is InChI=1S/C25H37N3O5S/c1-6-17-13-28(14-20-16(3)23(33-4)18(12-26-20)25(30,31)32)24-22(17)21(29)9-7-8-19(27-24)15(2)10-11-34-5/h8,12,15,17,22,30-32H,6-7,9-11,13-14H2,1-5H3. The van der Waals surface area contributed by atoms with Gasteiger partial charge in [-0.2, -0.15) is 11.8 Å². The first kappa shape index (κ1) is 26.7. The third-order valence-electron chi connectivity index (χ3n) is 6.92. The predicted molar refractivity (Wildman–Crippen MR) is 133 cm³/mol. The van der Waals surface area contributed by atoms with E-state index in [-0.39, 0.29) is 28.9 Å². The van der Waals surface area contributed by atoms with Crippen LogP contribution in [0.25, 0.3) is 0 Å². The van der Waals surface area contributed by atoms with Gasteiger partial charge in [-0.25, -0.2) is 4.99 Å². The summed E-state index contributed by atoms with van der Waals surface area (Å²) in [6.07, 6.45) is 8.60. The van der Waals surface area contributed by atoms with E-state index >= 15 is 0 Å². The summed E-state index contributed by atoms with van der Waals surface area (Å²) >= 11 is 1.82. The van der Waals surface area contributed by atoms with E-state index in [1.165, 1.54) is 13.3 Å². The van der Waals surface area contributed by atoms with Crippen LogP contribution in [0.15, 0.2) is 23.0 Å². The number of methoxy groups -OCH3 is 1. The van der Waals surface area contributed by atoms with E-state index in [4.69, 9.17) is 9.73 Å². The molecule has 0 amide bonds. The minimum absolute atomic E-state index is 0.169. The van der Waals surface area contributed by atoms with Crippen molar-refractivity contribution in [3.63, 3.8) is 0 Å². The number of rotatable bonds is 9. The SMILES string of the molecule is CCC1CN(Cc2ncc(C(O)(O)O)c(OC)c2C)C2=NC(C(C)CCSC)=CCCC(=O)C21. The summed E-state index contributed by atoms with van der Waals surface area (Å²) in [4.78, 5) is 24.8. The number of pyridine rings is 1. The number of fused-ring (bicyclic) bond motifs is 1. The van der Waals surface area contributed by atoms with Crippen LogP contribution in [0.3, 0.4) is 0 Å². The summed E-state index contributed by atoms with van der Waals surface area (Å²) in [5, 5.41) is 29.0. The van der Waals surface area contributed by atoms with Crippen LogP contribution >= 0.6 is 11.8 Å². The molecule has 0 saturated carbocycles. The lowest BCUT2D eigenvalue weighted by atomic mass is 9.86. The van der Waals surface area contributed by atoms with Gasteiger partial charge in [0.25, 0.3) is 0 Å². The number of hydrogen-bond donors (Lipinski definition) is 3. The van der Waals surface area contributed by atoms with E-state index in [1.807, 2.05) is 11.8 Å². The number of aliphatic imine (C=N–C) groups is 1. The zero-order valence-corrected chi connectivity index (χ0v) is 21.6. The first-order valence-electron chi connectivity index (χ1n) is 11.9. The number of amidine groups is 1. The molecule has 9 heteroatoms. The number of thioether (sulfide) groups is 1. The minimum atomic E-state index is -3.05. The molecule has 2 aliphatic rings. The summed E-state index contributed by atoms with van der Waals surface area (Å²) in [5.74, 6) is -0.492. The fraction of sp³-hybridized carbons (Fsp3) is 0.640. The third kappa shape index (κ3) is 5.64. The number of ketones is 1. The first-order chi connectivity index (χ1) is 16.1. The van der Waals surface area contributed by atoms with E-state index < -0.39 is 5.97 Å². The summed E-state index contributed by atoms with van der Waals surface area (Å²) < 4.78 is 5.36. The van der Waals surface area contributed by atoms with Gasteiger partial charge < -0.3 is 25.0 Å². The van der Waals surface area contributed by atoms with Gasteiger partial charge in [0.2, 0.25) is 0 Å². The van der Waals surface area contributed by atoms with Gasteiger partial charge in [0.15, 0.2) is 0 Å². The Hall–Kier alpha value is -1.94. The number of aromatic nitrogens is 1. The Bertz CT molecular complexity index is 957. The fourth-order valence-corrected chi connectivity index (χ4v) is 5.46. The van der Waals surface area contributed by atoms with Crippen LogP contribution in [0.2, 0.25) is 0 Å². The van der Waals surface area contributed by atoms with Crippen molar-refractivity contribution in [2.24, 2.45) is 22.7 Å². The molecule has 2 aliphatic heterocycles. The van der Waals surface area contributed by atoms with Gasteiger partial charge in [0, 0.05) is 30.4 Å². The van der Waals surface area contributed by atoms with Crippen molar-refractivity contribution in [3.8, 4) is 5.75 Å². The maximum absolute atomic E-state index is 13.1. The number of aliphatic hydroxyl groups is 3. The molecule has 3 rings (SSSR count). The normalized spacial score (nSPS) is 22.0.